The molecule has 1 rings (SSSR count). The average Bonchev–Trinajstić information content (AvgIpc) is 2.18. The Morgan fingerprint density at radius 2 is 1.93 bits per heavy atom. The summed E-state index contributed by atoms with van der Waals surface area (Å²) in [6.45, 7) is 2.64. The molecule has 0 aliphatic rings. The van der Waals surface area contributed by atoms with E-state index >= 15 is 0 Å². The number of anilines is 2. The predicted molar refractivity (Wildman–Crippen MR) is 66.6 cm³/mol. The largest absolute Gasteiger partial charge is 0.378 e. The van der Waals surface area contributed by atoms with Gasteiger partial charge in [0.2, 0.25) is 0 Å². The van der Waals surface area contributed by atoms with E-state index in [1.807, 2.05) is 50.2 Å². The Balaban J connectivity index is 2.68. The monoisotopic (exact) mass is 206 g/mol. The van der Waals surface area contributed by atoms with E-state index < -0.39 is 0 Å². The quantitative estimate of drug-likeness (QED) is 0.582. The second-order valence-corrected chi connectivity index (χ2v) is 3.43. The Kier molecular flexibility index (Phi) is 3.97. The van der Waals surface area contributed by atoms with Gasteiger partial charge in [-0.05, 0) is 31.2 Å². The first-order valence-corrected chi connectivity index (χ1v) is 4.98. The van der Waals surface area contributed by atoms with Crippen LogP contribution in [-0.4, -0.2) is 26.6 Å². The van der Waals surface area contributed by atoms with E-state index in [0.717, 1.165) is 11.4 Å². The van der Waals surface area contributed by atoms with E-state index in [4.69, 9.17) is 5.73 Å². The third-order valence-corrected chi connectivity index (χ3v) is 1.98. The first-order valence-electron chi connectivity index (χ1n) is 4.98. The maximum Gasteiger partial charge on any atom is 0.193 e. The van der Waals surface area contributed by atoms with Crippen LogP contribution in [0.2, 0.25) is 0 Å². The number of hydrogen-bond acceptors (Lipinski definition) is 2. The lowest BCUT2D eigenvalue weighted by Crippen LogP contribution is -2.22. The predicted octanol–water partition coefficient (Wildman–Crippen LogP) is 1.50. The number of nitrogens with two attached hydrogens (primary N) is 1. The minimum absolute atomic E-state index is 0.454. The molecule has 15 heavy (non-hydrogen) atoms. The maximum atomic E-state index is 5.64. The molecule has 0 aliphatic carbocycles. The highest BCUT2D eigenvalue weighted by molar-refractivity contribution is 5.92. The van der Waals surface area contributed by atoms with Crippen molar-refractivity contribution in [3.05, 3.63) is 24.3 Å². The van der Waals surface area contributed by atoms with Crippen LogP contribution < -0.4 is 16.0 Å². The molecule has 0 fully saturated rings. The molecule has 0 bridgehead atoms. The summed E-state index contributed by atoms with van der Waals surface area (Å²) >= 11 is 0. The topological polar surface area (TPSA) is 53.6 Å². The molecule has 0 heterocycles. The second kappa shape index (κ2) is 5.24. The highest BCUT2D eigenvalue weighted by Crippen LogP contribution is 2.15. The molecule has 4 nitrogen and oxygen atoms in total. The highest BCUT2D eigenvalue weighted by atomic mass is 15.1. The summed E-state index contributed by atoms with van der Waals surface area (Å²) in [5.74, 6) is 0.454. The van der Waals surface area contributed by atoms with Gasteiger partial charge in [-0.15, -0.1) is 0 Å². The number of hydrogen-bond donors (Lipinski definition) is 2. The summed E-state index contributed by atoms with van der Waals surface area (Å²) in [5.41, 5.74) is 7.76. The zero-order chi connectivity index (χ0) is 11.3. The van der Waals surface area contributed by atoms with Crippen LogP contribution in [0.4, 0.5) is 11.4 Å². The summed E-state index contributed by atoms with van der Waals surface area (Å²) < 4.78 is 0. The van der Waals surface area contributed by atoms with E-state index in [1.54, 1.807) is 0 Å². The SMILES string of the molecule is CCN=C(N)Nc1ccc(N(C)C)cc1. The van der Waals surface area contributed by atoms with Crippen LogP contribution in [0, 0.1) is 0 Å². The molecule has 0 saturated carbocycles. The molecule has 0 amide bonds. The first-order chi connectivity index (χ1) is 7.13. The normalized spacial score (nSPS) is 11.3. The minimum atomic E-state index is 0.454. The lowest BCUT2D eigenvalue weighted by Gasteiger charge is -2.13. The fourth-order valence-corrected chi connectivity index (χ4v) is 1.20. The maximum absolute atomic E-state index is 5.64. The second-order valence-electron chi connectivity index (χ2n) is 3.43. The molecule has 0 aliphatic heterocycles. The number of nitrogens with one attached hydrogen (secondary N) is 1. The summed E-state index contributed by atoms with van der Waals surface area (Å²) in [7, 11) is 4.02. The Bertz CT molecular complexity index is 327. The molecule has 4 heteroatoms. The number of aliphatic imine (C=N–C) groups is 1. The fraction of sp³-hybridized carbons (Fsp3) is 0.364. The summed E-state index contributed by atoms with van der Waals surface area (Å²) in [4.78, 5) is 6.10. The lowest BCUT2D eigenvalue weighted by atomic mass is 10.2. The molecular formula is C11H18N4. The van der Waals surface area contributed by atoms with Gasteiger partial charge in [0, 0.05) is 32.0 Å². The van der Waals surface area contributed by atoms with Crippen molar-refractivity contribution in [3.8, 4) is 0 Å². The van der Waals surface area contributed by atoms with Gasteiger partial charge < -0.3 is 16.0 Å². The zero-order valence-electron chi connectivity index (χ0n) is 9.49. The molecule has 0 radical (unpaired) electrons. The molecule has 82 valence electrons. The zero-order valence-corrected chi connectivity index (χ0v) is 9.49. The number of guanidine groups is 1. The Labute approximate surface area is 90.8 Å². The molecule has 0 atom stereocenters. The standard InChI is InChI=1S/C11H18N4/c1-4-13-11(12)14-9-5-7-10(8-6-9)15(2)3/h5-8H,4H2,1-3H3,(H3,12,13,14). The molecule has 3 N–H and O–H groups in total. The summed E-state index contributed by atoms with van der Waals surface area (Å²) in [6, 6.07) is 8.02. The Morgan fingerprint density at radius 1 is 1.33 bits per heavy atom. The van der Waals surface area contributed by atoms with Crippen molar-refractivity contribution in [2.45, 2.75) is 6.92 Å². The van der Waals surface area contributed by atoms with Crippen LogP contribution in [0.25, 0.3) is 0 Å². The number of benzene rings is 1. The molecule has 0 unspecified atom stereocenters. The minimum Gasteiger partial charge on any atom is -0.378 e. The van der Waals surface area contributed by atoms with Crippen LogP contribution in [0.1, 0.15) is 6.92 Å². The molecule has 0 spiro atoms. The first kappa shape index (κ1) is 11.4. The van der Waals surface area contributed by atoms with Gasteiger partial charge in [-0.1, -0.05) is 0 Å². The van der Waals surface area contributed by atoms with Crippen LogP contribution in [-0.2, 0) is 0 Å². The Hall–Kier alpha value is -1.71. The van der Waals surface area contributed by atoms with Gasteiger partial charge in [0.1, 0.15) is 0 Å². The molecular weight excluding hydrogens is 188 g/mol. The number of rotatable bonds is 3. The molecule has 0 saturated heterocycles. The van der Waals surface area contributed by atoms with E-state index in [2.05, 4.69) is 10.3 Å². The van der Waals surface area contributed by atoms with Crippen LogP contribution in [0.3, 0.4) is 0 Å². The third kappa shape index (κ3) is 3.50. The lowest BCUT2D eigenvalue weighted by molar-refractivity contribution is 1.12. The van der Waals surface area contributed by atoms with Gasteiger partial charge in [-0.2, -0.15) is 0 Å². The summed E-state index contributed by atoms with van der Waals surface area (Å²) in [5, 5.41) is 3.02. The van der Waals surface area contributed by atoms with Crippen LogP contribution in [0.5, 0.6) is 0 Å². The Morgan fingerprint density at radius 3 is 2.40 bits per heavy atom. The van der Waals surface area contributed by atoms with Gasteiger partial charge in [0.05, 0.1) is 0 Å². The van der Waals surface area contributed by atoms with Crippen molar-refractivity contribution in [2.75, 3.05) is 30.9 Å². The number of nitrogens with zero attached hydrogens (tertiary/aromatic N) is 2. The van der Waals surface area contributed by atoms with E-state index in [0.29, 0.717) is 12.5 Å². The van der Waals surface area contributed by atoms with Crippen molar-refractivity contribution in [3.63, 3.8) is 0 Å². The van der Waals surface area contributed by atoms with Gasteiger partial charge in [-0.25, -0.2) is 0 Å². The third-order valence-electron chi connectivity index (χ3n) is 1.98. The van der Waals surface area contributed by atoms with E-state index in [9.17, 15) is 0 Å². The van der Waals surface area contributed by atoms with Gasteiger partial charge in [0.25, 0.3) is 0 Å². The average molecular weight is 206 g/mol. The van der Waals surface area contributed by atoms with Crippen LogP contribution in [0.15, 0.2) is 29.3 Å². The van der Waals surface area contributed by atoms with Gasteiger partial charge in [-0.3, -0.25) is 4.99 Å². The van der Waals surface area contributed by atoms with Crippen molar-refractivity contribution < 1.29 is 0 Å². The molecule has 1 aromatic carbocycles. The van der Waals surface area contributed by atoms with Crippen molar-refractivity contribution in [1.82, 2.24) is 0 Å². The molecule has 0 aromatic heterocycles. The highest BCUT2D eigenvalue weighted by Gasteiger charge is 1.96. The van der Waals surface area contributed by atoms with Crippen molar-refractivity contribution in [1.29, 1.82) is 0 Å². The summed E-state index contributed by atoms with van der Waals surface area (Å²) in [6.07, 6.45) is 0. The smallest absolute Gasteiger partial charge is 0.193 e. The van der Waals surface area contributed by atoms with Crippen molar-refractivity contribution >= 4 is 17.3 Å². The fourth-order valence-electron chi connectivity index (χ4n) is 1.20. The van der Waals surface area contributed by atoms with Gasteiger partial charge in [0.15, 0.2) is 5.96 Å². The van der Waals surface area contributed by atoms with Crippen LogP contribution >= 0.6 is 0 Å². The van der Waals surface area contributed by atoms with Gasteiger partial charge >= 0.3 is 0 Å². The van der Waals surface area contributed by atoms with Crippen molar-refractivity contribution in [2.24, 2.45) is 10.7 Å². The molecule has 1 aromatic rings. The van der Waals surface area contributed by atoms with E-state index in [-0.39, 0.29) is 0 Å². The van der Waals surface area contributed by atoms with E-state index in [1.165, 1.54) is 0 Å².